The van der Waals surface area contributed by atoms with E-state index >= 15 is 0 Å². The Kier molecular flexibility index (Phi) is 7.73. The summed E-state index contributed by atoms with van der Waals surface area (Å²) in [7, 11) is 5.55. The lowest BCUT2D eigenvalue weighted by Gasteiger charge is -2.32. The number of amides is 1. The van der Waals surface area contributed by atoms with Crippen molar-refractivity contribution in [3.05, 3.63) is 12.3 Å². The molecule has 3 heterocycles. The summed E-state index contributed by atoms with van der Waals surface area (Å²) in [6.45, 7) is 1.53. The van der Waals surface area contributed by atoms with E-state index in [1.54, 1.807) is 12.3 Å². The van der Waals surface area contributed by atoms with E-state index in [1.807, 2.05) is 26.5 Å². The highest BCUT2D eigenvalue weighted by Gasteiger charge is 2.24. The number of carbonyl (C=O) groups is 1. The zero-order valence-corrected chi connectivity index (χ0v) is 16.9. The Morgan fingerprint density at radius 1 is 1.31 bits per heavy atom. The molecule has 2 aliphatic rings. The number of aromatic nitrogens is 2. The average molecular weight is 398 g/mol. The topological polar surface area (TPSA) is 64.6 Å². The van der Waals surface area contributed by atoms with E-state index in [0.29, 0.717) is 24.2 Å². The van der Waals surface area contributed by atoms with Gasteiger partial charge in [0.05, 0.1) is 7.11 Å². The molecular formula is C18H27N3O3S2. The van der Waals surface area contributed by atoms with Gasteiger partial charge < -0.3 is 14.4 Å². The van der Waals surface area contributed by atoms with Crippen molar-refractivity contribution in [3.8, 4) is 11.9 Å². The number of carbonyl (C=O) groups excluding carboxylic acids is 1. The number of unbranched alkanes of at least 4 members (excludes halogenated alkanes) is 1. The number of hydrogen-bond donors (Lipinski definition) is 0. The molecule has 0 aromatic carbocycles. The van der Waals surface area contributed by atoms with Crippen LogP contribution in [0.4, 0.5) is 0 Å². The van der Waals surface area contributed by atoms with Gasteiger partial charge in [0.25, 0.3) is 0 Å². The van der Waals surface area contributed by atoms with Gasteiger partial charge >= 0.3 is 6.01 Å². The maximum atomic E-state index is 12.4. The van der Waals surface area contributed by atoms with Gasteiger partial charge in [0.15, 0.2) is 0 Å². The lowest BCUT2D eigenvalue weighted by atomic mass is 10.1. The molecule has 0 bridgehead atoms. The molecule has 1 aromatic heterocycles. The highest BCUT2D eigenvalue weighted by atomic mass is 33.1. The van der Waals surface area contributed by atoms with Gasteiger partial charge in [-0.25, -0.2) is 4.98 Å². The standard InChI is InChI=1S/C18H27N3O3S2/c1-23-18-19-10-6-16(20-18)24-14-7-11-21(12-8-14)17(22)5-3-2-4-15-9-13-25-26-15/h6,10,14-15H,2-5,7-9,11-13H2,1H3. The van der Waals surface area contributed by atoms with E-state index < -0.39 is 0 Å². The van der Waals surface area contributed by atoms with Crippen LogP contribution in [0.2, 0.25) is 0 Å². The summed E-state index contributed by atoms with van der Waals surface area (Å²) < 4.78 is 10.9. The van der Waals surface area contributed by atoms with Gasteiger partial charge in [-0.05, 0) is 19.3 Å². The summed E-state index contributed by atoms with van der Waals surface area (Å²) >= 11 is 0. The van der Waals surface area contributed by atoms with Crippen LogP contribution < -0.4 is 9.47 Å². The highest BCUT2D eigenvalue weighted by Crippen LogP contribution is 2.39. The van der Waals surface area contributed by atoms with Crippen LogP contribution in [0.5, 0.6) is 11.9 Å². The highest BCUT2D eigenvalue weighted by molar-refractivity contribution is 8.77. The van der Waals surface area contributed by atoms with E-state index in [2.05, 4.69) is 9.97 Å². The summed E-state index contributed by atoms with van der Waals surface area (Å²) in [6, 6.07) is 2.05. The minimum Gasteiger partial charge on any atom is -0.474 e. The molecular weight excluding hydrogens is 370 g/mol. The Morgan fingerprint density at radius 3 is 2.88 bits per heavy atom. The van der Waals surface area contributed by atoms with Gasteiger partial charge in [0.2, 0.25) is 11.8 Å². The Bertz CT molecular complexity index is 577. The monoisotopic (exact) mass is 397 g/mol. The molecule has 1 aromatic rings. The number of methoxy groups -OCH3 is 1. The molecule has 8 heteroatoms. The summed E-state index contributed by atoms with van der Waals surface area (Å²) in [4.78, 5) is 22.5. The first-order valence-electron chi connectivity index (χ1n) is 9.34. The summed E-state index contributed by atoms with van der Waals surface area (Å²) in [5.41, 5.74) is 0. The molecule has 6 nitrogen and oxygen atoms in total. The zero-order chi connectivity index (χ0) is 18.2. The minimum atomic E-state index is 0.0931. The van der Waals surface area contributed by atoms with E-state index in [0.717, 1.165) is 37.6 Å². The van der Waals surface area contributed by atoms with Crippen LogP contribution in [0.25, 0.3) is 0 Å². The molecule has 0 aliphatic carbocycles. The maximum Gasteiger partial charge on any atom is 0.319 e. The van der Waals surface area contributed by atoms with Crippen molar-refractivity contribution >= 4 is 27.5 Å². The molecule has 0 N–H and O–H groups in total. The molecule has 3 rings (SSSR count). The number of nitrogens with zero attached hydrogens (tertiary/aromatic N) is 3. The van der Waals surface area contributed by atoms with Crippen molar-refractivity contribution in [2.75, 3.05) is 26.0 Å². The quantitative estimate of drug-likeness (QED) is 0.491. The van der Waals surface area contributed by atoms with E-state index in [-0.39, 0.29) is 6.10 Å². The SMILES string of the molecule is COc1nccc(OC2CCN(C(=O)CCCCC3CCSS3)CC2)n1. The van der Waals surface area contributed by atoms with Crippen LogP contribution in [-0.4, -0.2) is 58.1 Å². The van der Waals surface area contributed by atoms with E-state index in [9.17, 15) is 4.79 Å². The normalized spacial score (nSPS) is 21.0. The fraction of sp³-hybridized carbons (Fsp3) is 0.722. The third kappa shape index (κ3) is 5.94. The first kappa shape index (κ1) is 19.6. The molecule has 2 fully saturated rings. The van der Waals surface area contributed by atoms with E-state index in [4.69, 9.17) is 9.47 Å². The molecule has 1 amide bonds. The van der Waals surface area contributed by atoms with Gasteiger partial charge in [-0.3, -0.25) is 4.79 Å². The Morgan fingerprint density at radius 2 is 2.15 bits per heavy atom. The van der Waals surface area contributed by atoms with Gasteiger partial charge in [0.1, 0.15) is 6.10 Å². The van der Waals surface area contributed by atoms with Crippen molar-refractivity contribution in [3.63, 3.8) is 0 Å². The summed E-state index contributed by atoms with van der Waals surface area (Å²) in [5, 5.41) is 0.809. The fourth-order valence-electron chi connectivity index (χ4n) is 3.25. The second-order valence-corrected chi connectivity index (χ2v) is 9.44. The smallest absolute Gasteiger partial charge is 0.319 e. The summed E-state index contributed by atoms with van der Waals surface area (Å²) in [6.07, 6.45) is 8.84. The lowest BCUT2D eigenvalue weighted by Crippen LogP contribution is -2.41. The van der Waals surface area contributed by atoms with Crippen molar-refractivity contribution in [1.82, 2.24) is 14.9 Å². The first-order valence-corrected chi connectivity index (χ1v) is 11.7. The van der Waals surface area contributed by atoms with Gasteiger partial charge in [0, 0.05) is 55.6 Å². The van der Waals surface area contributed by atoms with Crippen LogP contribution in [0.15, 0.2) is 12.3 Å². The molecule has 0 spiro atoms. The Hall–Kier alpha value is -1.15. The average Bonchev–Trinajstić information content (AvgIpc) is 3.19. The molecule has 0 saturated carbocycles. The van der Waals surface area contributed by atoms with Crippen molar-refractivity contribution < 1.29 is 14.3 Å². The molecule has 1 unspecified atom stereocenters. The van der Waals surface area contributed by atoms with Crippen molar-refractivity contribution in [1.29, 1.82) is 0 Å². The van der Waals surface area contributed by atoms with E-state index in [1.165, 1.54) is 32.1 Å². The van der Waals surface area contributed by atoms with Gasteiger partial charge in [-0.1, -0.05) is 28.0 Å². The molecule has 144 valence electrons. The largest absolute Gasteiger partial charge is 0.474 e. The van der Waals surface area contributed by atoms with Crippen LogP contribution in [0.3, 0.4) is 0 Å². The molecule has 2 saturated heterocycles. The maximum absolute atomic E-state index is 12.4. The molecule has 26 heavy (non-hydrogen) atoms. The summed E-state index contributed by atoms with van der Waals surface area (Å²) in [5.74, 6) is 2.11. The number of likely N-dealkylation sites (tertiary alicyclic amines) is 1. The van der Waals surface area contributed by atoms with Crippen LogP contribution in [-0.2, 0) is 4.79 Å². The first-order chi connectivity index (χ1) is 12.7. The Labute approximate surface area is 163 Å². The van der Waals surface area contributed by atoms with Crippen molar-refractivity contribution in [2.45, 2.75) is 56.3 Å². The minimum absolute atomic E-state index is 0.0931. The number of rotatable bonds is 8. The lowest BCUT2D eigenvalue weighted by molar-refractivity contribution is -0.133. The number of piperidine rings is 1. The van der Waals surface area contributed by atoms with Gasteiger partial charge in [-0.15, -0.1) is 0 Å². The molecule has 1 atom stereocenters. The van der Waals surface area contributed by atoms with Crippen molar-refractivity contribution in [2.24, 2.45) is 0 Å². The van der Waals surface area contributed by atoms with Crippen LogP contribution in [0.1, 0.15) is 44.9 Å². The second kappa shape index (κ2) is 10.3. The number of ether oxygens (including phenoxy) is 2. The fourth-order valence-corrected chi connectivity index (χ4v) is 6.28. The molecule has 0 radical (unpaired) electrons. The predicted octanol–water partition coefficient (Wildman–Crippen LogP) is 3.57. The van der Waals surface area contributed by atoms with Gasteiger partial charge in [-0.2, -0.15) is 4.98 Å². The molecule has 2 aliphatic heterocycles. The third-order valence-electron chi connectivity index (χ3n) is 4.77. The third-order valence-corrected chi connectivity index (χ3v) is 7.77. The van der Waals surface area contributed by atoms with Crippen LogP contribution >= 0.6 is 21.6 Å². The van der Waals surface area contributed by atoms with Crippen LogP contribution in [0, 0.1) is 0 Å². The predicted molar refractivity (Wildman–Crippen MR) is 106 cm³/mol. The Balaban J connectivity index is 1.32. The second-order valence-electron chi connectivity index (χ2n) is 6.65. The number of hydrogen-bond acceptors (Lipinski definition) is 7. The zero-order valence-electron chi connectivity index (χ0n) is 15.3.